The highest BCUT2D eigenvalue weighted by molar-refractivity contribution is 4.59. The second-order valence-electron chi connectivity index (χ2n) is 3.30. The molecule has 0 bridgehead atoms. The number of rotatable bonds is 8. The molecule has 0 saturated carbocycles. The number of aliphatic hydroxyl groups excluding tert-OH is 3. The smallest absolute Gasteiger partial charge is 0.151 e. The molecule has 0 saturated heterocycles. The molecule has 0 aromatic rings. The second kappa shape index (κ2) is 8.44. The first-order valence-corrected chi connectivity index (χ1v) is 4.78. The zero-order valence-electron chi connectivity index (χ0n) is 7.89. The Kier molecular flexibility index (Phi) is 8.33. The van der Waals surface area contributed by atoms with Crippen molar-refractivity contribution in [2.45, 2.75) is 38.4 Å². The Hall–Kier alpha value is -0.160. The van der Waals surface area contributed by atoms with Crippen LogP contribution in [0.1, 0.15) is 32.1 Å². The lowest BCUT2D eigenvalue weighted by Gasteiger charge is -2.14. The molecular weight excluding hydrogens is 172 g/mol. The molecule has 0 aromatic carbocycles. The predicted molar refractivity (Wildman–Crippen MR) is 49.0 cm³/mol. The molecule has 0 aliphatic heterocycles. The van der Waals surface area contributed by atoms with Crippen LogP contribution in [0.15, 0.2) is 0 Å². The van der Waals surface area contributed by atoms with Crippen LogP contribution in [0.3, 0.4) is 0 Å². The Bertz CT molecular complexity index is 99.8. The average Bonchev–Trinajstić information content (AvgIpc) is 2.04. The quantitative estimate of drug-likeness (QED) is 0.403. The van der Waals surface area contributed by atoms with E-state index in [4.69, 9.17) is 20.4 Å². The number of hydrogen-bond acceptors (Lipinski definition) is 4. The van der Waals surface area contributed by atoms with Crippen LogP contribution in [0, 0.1) is 5.92 Å². The standard InChI is InChI=1S/C9H20O4/c10-6-4-8(5-7-11)2-1-3-9(12)13/h8-13H,1-7H2. The van der Waals surface area contributed by atoms with Crippen molar-refractivity contribution in [3.05, 3.63) is 0 Å². The lowest BCUT2D eigenvalue weighted by atomic mass is 9.95. The van der Waals surface area contributed by atoms with Gasteiger partial charge in [0.15, 0.2) is 6.29 Å². The van der Waals surface area contributed by atoms with Gasteiger partial charge in [-0.2, -0.15) is 0 Å². The van der Waals surface area contributed by atoms with E-state index in [-0.39, 0.29) is 13.2 Å². The van der Waals surface area contributed by atoms with Gasteiger partial charge in [0.25, 0.3) is 0 Å². The summed E-state index contributed by atoms with van der Waals surface area (Å²) < 4.78 is 0. The van der Waals surface area contributed by atoms with Gasteiger partial charge in [0.05, 0.1) is 0 Å². The zero-order chi connectivity index (χ0) is 10.1. The van der Waals surface area contributed by atoms with E-state index in [0.717, 1.165) is 12.8 Å². The van der Waals surface area contributed by atoms with Crippen molar-refractivity contribution in [2.24, 2.45) is 5.92 Å². The molecule has 0 amide bonds. The molecule has 4 nitrogen and oxygen atoms in total. The van der Waals surface area contributed by atoms with Crippen LogP contribution in [-0.2, 0) is 0 Å². The van der Waals surface area contributed by atoms with Crippen LogP contribution in [0.25, 0.3) is 0 Å². The highest BCUT2D eigenvalue weighted by Crippen LogP contribution is 2.16. The van der Waals surface area contributed by atoms with Gasteiger partial charge < -0.3 is 20.4 Å². The summed E-state index contributed by atoms with van der Waals surface area (Å²) in [5.74, 6) is 0.300. The molecule has 80 valence electrons. The number of hydrogen-bond donors (Lipinski definition) is 4. The summed E-state index contributed by atoms with van der Waals surface area (Å²) in [6.07, 6.45) is 2.06. The highest BCUT2D eigenvalue weighted by Gasteiger charge is 2.08. The van der Waals surface area contributed by atoms with Crippen LogP contribution < -0.4 is 0 Å². The minimum Gasteiger partial charge on any atom is -0.396 e. The maximum absolute atomic E-state index is 8.69. The van der Waals surface area contributed by atoms with Gasteiger partial charge >= 0.3 is 0 Å². The Labute approximate surface area is 78.8 Å². The molecule has 4 heteroatoms. The molecule has 0 aliphatic carbocycles. The van der Waals surface area contributed by atoms with E-state index in [1.165, 1.54) is 0 Å². The van der Waals surface area contributed by atoms with Gasteiger partial charge in [0.2, 0.25) is 0 Å². The van der Waals surface area contributed by atoms with E-state index in [1.54, 1.807) is 0 Å². The molecule has 0 atom stereocenters. The summed E-state index contributed by atoms with van der Waals surface area (Å²) in [6, 6.07) is 0. The minimum atomic E-state index is -1.23. The monoisotopic (exact) mass is 192 g/mol. The first-order chi connectivity index (χ1) is 6.20. The zero-order valence-corrected chi connectivity index (χ0v) is 7.89. The van der Waals surface area contributed by atoms with E-state index in [1.807, 2.05) is 0 Å². The topological polar surface area (TPSA) is 80.9 Å². The maximum Gasteiger partial charge on any atom is 0.151 e. The van der Waals surface area contributed by atoms with E-state index < -0.39 is 6.29 Å². The van der Waals surface area contributed by atoms with Crippen molar-refractivity contribution in [1.82, 2.24) is 0 Å². The molecule has 0 rings (SSSR count). The van der Waals surface area contributed by atoms with Crippen molar-refractivity contribution in [3.63, 3.8) is 0 Å². The SMILES string of the molecule is OCCC(CCO)CCCC(O)O. The van der Waals surface area contributed by atoms with Crippen molar-refractivity contribution < 1.29 is 20.4 Å². The molecule has 13 heavy (non-hydrogen) atoms. The van der Waals surface area contributed by atoms with Crippen LogP contribution in [0.4, 0.5) is 0 Å². The molecule has 0 heterocycles. The molecule has 0 aromatic heterocycles. The molecule has 0 spiro atoms. The summed E-state index contributed by atoms with van der Waals surface area (Å²) >= 11 is 0. The van der Waals surface area contributed by atoms with E-state index in [9.17, 15) is 0 Å². The third-order valence-electron chi connectivity index (χ3n) is 2.15. The molecule has 0 aliphatic rings. The Balaban J connectivity index is 3.44. The molecule has 0 fully saturated rings. The van der Waals surface area contributed by atoms with Crippen molar-refractivity contribution in [2.75, 3.05) is 13.2 Å². The van der Waals surface area contributed by atoms with E-state index in [2.05, 4.69) is 0 Å². The van der Waals surface area contributed by atoms with Gasteiger partial charge in [0, 0.05) is 13.2 Å². The van der Waals surface area contributed by atoms with Crippen LogP contribution >= 0.6 is 0 Å². The Morgan fingerprint density at radius 3 is 1.69 bits per heavy atom. The van der Waals surface area contributed by atoms with Crippen LogP contribution in [0.2, 0.25) is 0 Å². The third-order valence-corrected chi connectivity index (χ3v) is 2.15. The highest BCUT2D eigenvalue weighted by atomic mass is 16.5. The lowest BCUT2D eigenvalue weighted by Crippen LogP contribution is -2.09. The van der Waals surface area contributed by atoms with Crippen molar-refractivity contribution in [3.8, 4) is 0 Å². The minimum absolute atomic E-state index is 0.131. The van der Waals surface area contributed by atoms with Gasteiger partial charge in [0.1, 0.15) is 0 Å². The first-order valence-electron chi connectivity index (χ1n) is 4.78. The molecule has 0 unspecified atom stereocenters. The summed E-state index contributed by atoms with van der Waals surface area (Å²) in [6.45, 7) is 0.263. The summed E-state index contributed by atoms with van der Waals surface area (Å²) in [7, 11) is 0. The predicted octanol–water partition coefficient (Wildman–Crippen LogP) is -0.152. The van der Waals surface area contributed by atoms with E-state index in [0.29, 0.717) is 25.2 Å². The maximum atomic E-state index is 8.69. The van der Waals surface area contributed by atoms with Crippen LogP contribution in [0.5, 0.6) is 0 Å². The normalized spacial score (nSPS) is 11.5. The summed E-state index contributed by atoms with van der Waals surface area (Å²) in [5, 5.41) is 34.5. The summed E-state index contributed by atoms with van der Waals surface area (Å²) in [5.41, 5.74) is 0. The van der Waals surface area contributed by atoms with Crippen molar-refractivity contribution in [1.29, 1.82) is 0 Å². The largest absolute Gasteiger partial charge is 0.396 e. The molecule has 4 N–H and O–H groups in total. The lowest BCUT2D eigenvalue weighted by molar-refractivity contribution is -0.0473. The average molecular weight is 192 g/mol. The van der Waals surface area contributed by atoms with Gasteiger partial charge in [-0.25, -0.2) is 0 Å². The van der Waals surface area contributed by atoms with Gasteiger partial charge in [-0.1, -0.05) is 6.42 Å². The Morgan fingerprint density at radius 2 is 1.31 bits per heavy atom. The second-order valence-corrected chi connectivity index (χ2v) is 3.30. The summed E-state index contributed by atoms with van der Waals surface area (Å²) in [4.78, 5) is 0. The van der Waals surface area contributed by atoms with Gasteiger partial charge in [-0.05, 0) is 31.6 Å². The Morgan fingerprint density at radius 1 is 0.769 bits per heavy atom. The molecule has 0 radical (unpaired) electrons. The fraction of sp³-hybridized carbons (Fsp3) is 1.00. The van der Waals surface area contributed by atoms with Gasteiger partial charge in [-0.15, -0.1) is 0 Å². The fourth-order valence-corrected chi connectivity index (χ4v) is 1.39. The van der Waals surface area contributed by atoms with Crippen LogP contribution in [-0.4, -0.2) is 39.9 Å². The number of aliphatic hydroxyl groups is 4. The first kappa shape index (κ1) is 12.8. The van der Waals surface area contributed by atoms with E-state index >= 15 is 0 Å². The molecular formula is C9H20O4. The fourth-order valence-electron chi connectivity index (χ4n) is 1.39. The van der Waals surface area contributed by atoms with Crippen molar-refractivity contribution >= 4 is 0 Å². The third kappa shape index (κ3) is 8.18. The van der Waals surface area contributed by atoms with Gasteiger partial charge in [-0.3, -0.25) is 0 Å².